The number of anilines is 1. The number of alkyl halides is 3. The Morgan fingerprint density at radius 3 is 2.00 bits per heavy atom. The Morgan fingerprint density at radius 2 is 1.37 bits per heavy atom. The minimum Gasteiger partial charge on any atom is -0.406 e. The Labute approximate surface area is 270 Å². The molecule has 1 fully saturated rings. The van der Waals surface area contributed by atoms with Gasteiger partial charge in [0.15, 0.2) is 5.82 Å². The smallest absolute Gasteiger partial charge is 0.406 e. The lowest BCUT2D eigenvalue weighted by Crippen LogP contribution is -2.16. The van der Waals surface area contributed by atoms with Gasteiger partial charge in [0.2, 0.25) is 5.13 Å². The Morgan fingerprint density at radius 1 is 0.739 bits per heavy atom. The van der Waals surface area contributed by atoms with Gasteiger partial charge in [-0.1, -0.05) is 11.3 Å². The zero-order valence-electron chi connectivity index (χ0n) is 24.6. The molecule has 15 heteroatoms. The van der Waals surface area contributed by atoms with Gasteiger partial charge in [0.25, 0.3) is 0 Å². The largest absolute Gasteiger partial charge is 0.573 e. The van der Waals surface area contributed by atoms with E-state index in [-0.39, 0.29) is 5.75 Å². The first-order chi connectivity index (χ1) is 22.2. The van der Waals surface area contributed by atoms with Gasteiger partial charge in [-0.3, -0.25) is 0 Å². The molecule has 0 N–H and O–H groups in total. The fourth-order valence-electron chi connectivity index (χ4n) is 4.60. The maximum Gasteiger partial charge on any atom is 0.573 e. The van der Waals surface area contributed by atoms with Crippen LogP contribution in [0.5, 0.6) is 5.75 Å². The van der Waals surface area contributed by atoms with Crippen molar-refractivity contribution in [2.45, 2.75) is 33.1 Å². The number of benzene rings is 3. The second kappa shape index (κ2) is 13.6. The number of nitrogens with zero attached hydrogens (tertiary/aromatic N) is 9. The third-order valence-electron chi connectivity index (χ3n) is 6.90. The van der Waals surface area contributed by atoms with Crippen LogP contribution in [0.3, 0.4) is 0 Å². The van der Waals surface area contributed by atoms with Gasteiger partial charge in [0.05, 0.1) is 27.8 Å². The van der Waals surface area contributed by atoms with Crippen LogP contribution in [0.1, 0.15) is 24.0 Å². The standard InChI is InChI=1S/C31H26F3N9OS2/c1-19-18-23(37-40-27-13-14-28(45-27)43-15-3-4-16-43)8-11-25(19)38-36-22-7-12-26(20(2)17-22)39-41-30-35-29(42-46-30)21-5-9-24(10-6-21)44-31(32,33)34/h5-14,17-18H,3-4,15-16H2,1-2H3/b38-36+,40-37+,41-39+. The quantitative estimate of drug-likeness (QED) is 0.146. The third kappa shape index (κ3) is 8.03. The number of halogens is 3. The van der Waals surface area contributed by atoms with Gasteiger partial charge < -0.3 is 9.64 Å². The first-order valence-electron chi connectivity index (χ1n) is 14.2. The molecule has 1 aliphatic rings. The lowest BCUT2D eigenvalue weighted by molar-refractivity contribution is -0.274. The molecule has 0 amide bonds. The van der Waals surface area contributed by atoms with E-state index in [9.17, 15) is 13.2 Å². The third-order valence-corrected chi connectivity index (χ3v) is 8.53. The molecule has 1 saturated heterocycles. The van der Waals surface area contributed by atoms with Crippen molar-refractivity contribution in [2.75, 3.05) is 18.0 Å². The van der Waals surface area contributed by atoms with Crippen LogP contribution in [0.2, 0.25) is 0 Å². The number of hydrogen-bond acceptors (Lipinski definition) is 12. The Hall–Kier alpha value is -4.89. The van der Waals surface area contributed by atoms with Crippen molar-refractivity contribution in [3.63, 3.8) is 0 Å². The summed E-state index contributed by atoms with van der Waals surface area (Å²) in [6.45, 7) is 6.04. The minimum atomic E-state index is -4.75. The van der Waals surface area contributed by atoms with E-state index in [1.54, 1.807) is 23.5 Å². The van der Waals surface area contributed by atoms with E-state index in [0.29, 0.717) is 27.9 Å². The van der Waals surface area contributed by atoms with Gasteiger partial charge in [0.1, 0.15) is 10.8 Å². The first-order valence-corrected chi connectivity index (χ1v) is 15.8. The summed E-state index contributed by atoms with van der Waals surface area (Å²) < 4.78 is 45.3. The highest BCUT2D eigenvalue weighted by Gasteiger charge is 2.31. The zero-order valence-corrected chi connectivity index (χ0v) is 26.3. The normalized spacial score (nSPS) is 14.0. The van der Waals surface area contributed by atoms with Gasteiger partial charge in [-0.05, 0) is 111 Å². The van der Waals surface area contributed by atoms with Crippen molar-refractivity contribution in [1.82, 2.24) is 9.36 Å². The molecule has 10 nitrogen and oxygen atoms in total. The zero-order chi connectivity index (χ0) is 32.1. The molecule has 0 atom stereocenters. The Balaban J connectivity index is 1.06. The van der Waals surface area contributed by atoms with Gasteiger partial charge in [-0.25, -0.2) is 0 Å². The molecule has 0 spiro atoms. The van der Waals surface area contributed by atoms with E-state index in [2.05, 4.69) is 55.7 Å². The summed E-state index contributed by atoms with van der Waals surface area (Å²) in [5, 5.41) is 28.5. The van der Waals surface area contributed by atoms with Crippen LogP contribution >= 0.6 is 22.9 Å². The van der Waals surface area contributed by atoms with Crippen molar-refractivity contribution in [3.05, 3.63) is 83.9 Å². The van der Waals surface area contributed by atoms with Crippen molar-refractivity contribution in [2.24, 2.45) is 30.7 Å². The Bertz CT molecular complexity index is 1910. The summed E-state index contributed by atoms with van der Waals surface area (Å²) in [4.78, 5) is 6.69. The van der Waals surface area contributed by atoms with E-state index in [4.69, 9.17) is 0 Å². The van der Waals surface area contributed by atoms with Crippen LogP contribution in [-0.4, -0.2) is 28.8 Å². The van der Waals surface area contributed by atoms with Crippen molar-refractivity contribution < 1.29 is 17.9 Å². The lowest BCUT2D eigenvalue weighted by atomic mass is 10.2. The van der Waals surface area contributed by atoms with Gasteiger partial charge in [-0.15, -0.1) is 33.6 Å². The molecule has 0 aliphatic carbocycles. The van der Waals surface area contributed by atoms with Gasteiger partial charge >= 0.3 is 6.36 Å². The number of aryl methyl sites for hydroxylation is 2. The van der Waals surface area contributed by atoms with Gasteiger partial charge in [-0.2, -0.15) is 19.6 Å². The van der Waals surface area contributed by atoms with Crippen LogP contribution in [0.25, 0.3) is 11.4 Å². The van der Waals surface area contributed by atoms with Crippen LogP contribution in [0.4, 0.5) is 51.1 Å². The average Bonchev–Trinajstić information content (AvgIpc) is 3.81. The number of ether oxygens (including phenoxy) is 1. The Kier molecular flexibility index (Phi) is 9.21. The summed E-state index contributed by atoms with van der Waals surface area (Å²) in [5.74, 6) is 0.00193. The minimum absolute atomic E-state index is 0.300. The van der Waals surface area contributed by atoms with Crippen LogP contribution in [0, 0.1) is 13.8 Å². The highest BCUT2D eigenvalue weighted by Crippen LogP contribution is 2.36. The molecule has 0 unspecified atom stereocenters. The molecule has 3 aromatic carbocycles. The number of thiophene rings is 1. The molecular formula is C31H26F3N9OS2. The maximum atomic E-state index is 12.4. The van der Waals surface area contributed by atoms with Crippen molar-refractivity contribution in [1.29, 1.82) is 0 Å². The van der Waals surface area contributed by atoms with Crippen molar-refractivity contribution in [3.8, 4) is 17.1 Å². The van der Waals surface area contributed by atoms with E-state index >= 15 is 0 Å². The second-order valence-corrected chi connectivity index (χ2v) is 12.1. The summed E-state index contributed by atoms with van der Waals surface area (Å²) >= 11 is 2.67. The lowest BCUT2D eigenvalue weighted by Gasteiger charge is -2.13. The molecule has 234 valence electrons. The monoisotopic (exact) mass is 661 g/mol. The van der Waals surface area contributed by atoms with E-state index in [0.717, 1.165) is 52.1 Å². The molecule has 0 radical (unpaired) electrons. The number of rotatable bonds is 9. The molecular weight excluding hydrogens is 636 g/mol. The molecule has 0 bridgehead atoms. The maximum absolute atomic E-state index is 12.4. The molecule has 46 heavy (non-hydrogen) atoms. The van der Waals surface area contributed by atoms with Crippen molar-refractivity contribution >= 4 is 60.8 Å². The SMILES string of the molecule is Cc1cc(/N=N/c2ccc(N3CCCC3)s2)ccc1/N=N/c1ccc(/N=N/c2nc(-c3ccc(OC(F)(F)F)cc3)ns2)c(C)c1. The average molecular weight is 662 g/mol. The first kappa shape index (κ1) is 31.1. The molecule has 1 aliphatic heterocycles. The molecule has 6 rings (SSSR count). The summed E-state index contributed by atoms with van der Waals surface area (Å²) in [6, 6.07) is 20.5. The predicted octanol–water partition coefficient (Wildman–Crippen LogP) is 11.6. The molecule has 2 aromatic heterocycles. The summed E-state index contributed by atoms with van der Waals surface area (Å²) in [6.07, 6.45) is -2.28. The van der Waals surface area contributed by atoms with E-state index in [1.165, 1.54) is 42.1 Å². The van der Waals surface area contributed by atoms with Crippen LogP contribution in [-0.2, 0) is 0 Å². The van der Waals surface area contributed by atoms with Gasteiger partial charge in [0, 0.05) is 30.2 Å². The molecule has 0 saturated carbocycles. The summed E-state index contributed by atoms with van der Waals surface area (Å²) in [5.41, 5.74) is 5.02. The predicted molar refractivity (Wildman–Crippen MR) is 173 cm³/mol. The molecule has 5 aromatic rings. The fraction of sp³-hybridized carbons (Fsp3) is 0.226. The highest BCUT2D eigenvalue weighted by molar-refractivity contribution is 7.19. The topological polar surface area (TPSA) is 112 Å². The second-order valence-electron chi connectivity index (χ2n) is 10.3. The number of aromatic nitrogens is 2. The summed E-state index contributed by atoms with van der Waals surface area (Å²) in [7, 11) is 0. The number of azo groups is 3. The van der Waals surface area contributed by atoms with E-state index < -0.39 is 6.36 Å². The van der Waals surface area contributed by atoms with E-state index in [1.807, 2.05) is 44.2 Å². The van der Waals surface area contributed by atoms with Crippen LogP contribution < -0.4 is 9.64 Å². The fourth-order valence-corrected chi connectivity index (χ4v) is 6.00. The van der Waals surface area contributed by atoms with Crippen LogP contribution in [0.15, 0.2) is 103 Å². The highest BCUT2D eigenvalue weighted by atomic mass is 32.1. The molecule has 3 heterocycles. The number of hydrogen-bond donors (Lipinski definition) is 0.